The number of amides is 1. The molecule has 0 bridgehead atoms. The second-order valence-electron chi connectivity index (χ2n) is 9.90. The van der Waals surface area contributed by atoms with Crippen LogP contribution < -0.4 is 11.5 Å². The van der Waals surface area contributed by atoms with Crippen LogP contribution in [0.3, 0.4) is 0 Å². The first-order valence-corrected chi connectivity index (χ1v) is 16.7. The second kappa shape index (κ2) is 12.2. The molecule has 0 aliphatic carbocycles. The van der Waals surface area contributed by atoms with E-state index in [1.807, 2.05) is 0 Å². The molecule has 18 nitrogen and oxygen atoms in total. The minimum Gasteiger partial charge on any atom is -0.382 e. The maximum atomic E-state index is 11.8. The van der Waals surface area contributed by atoms with Gasteiger partial charge in [0, 0.05) is 17.4 Å². The molecule has 6 rings (SSSR count). The highest BCUT2D eigenvalue weighted by Crippen LogP contribution is 2.50. The molecule has 4 aromatic rings. The van der Waals surface area contributed by atoms with Crippen molar-refractivity contribution in [2.45, 2.75) is 43.6 Å². The Bertz CT molecular complexity index is 1820. The van der Waals surface area contributed by atoms with E-state index in [4.69, 9.17) is 46.3 Å². The number of rotatable bonds is 11. The molecular weight excluding hydrogens is 640 g/mol. The quantitative estimate of drug-likeness (QED) is 0.130. The fourth-order valence-electron chi connectivity index (χ4n) is 5.08. The van der Waals surface area contributed by atoms with E-state index in [-0.39, 0.29) is 31.0 Å². The van der Waals surface area contributed by atoms with Crippen molar-refractivity contribution in [3.8, 4) is 0 Å². The Morgan fingerprint density at radius 3 is 2.82 bits per heavy atom. The van der Waals surface area contributed by atoms with Crippen molar-refractivity contribution >= 4 is 60.7 Å². The van der Waals surface area contributed by atoms with Gasteiger partial charge in [-0.2, -0.15) is 0 Å². The average Bonchev–Trinajstić information content (AvgIpc) is 3.75. The third-order valence-corrected chi connectivity index (χ3v) is 9.10. The summed E-state index contributed by atoms with van der Waals surface area (Å²) in [6, 6.07) is 4.96. The van der Waals surface area contributed by atoms with Crippen LogP contribution in [0, 0.1) is 0 Å². The summed E-state index contributed by atoms with van der Waals surface area (Å²) in [5.74, 6) is -0.448. The summed E-state index contributed by atoms with van der Waals surface area (Å²) in [7, 11) is -2.93. The smallest absolute Gasteiger partial charge is 0.382 e. The molecule has 6 N–H and O–H groups in total. The number of ether oxygens (including phenoxy) is 2. The zero-order valence-electron chi connectivity index (χ0n) is 22.6. The molecule has 232 valence electrons. The maximum Gasteiger partial charge on any atom is 0.694 e. The zero-order chi connectivity index (χ0) is 31.2. The highest BCUT2D eigenvalue weighted by atomic mass is 32.5. The lowest BCUT2D eigenvalue weighted by Gasteiger charge is -2.23. The number of carbonyl (C=O) groups excluding carboxylic acids is 1. The van der Waals surface area contributed by atoms with Gasteiger partial charge < -0.3 is 34.9 Å². The summed E-state index contributed by atoms with van der Waals surface area (Å²) in [5.41, 5.74) is 13.9. The molecule has 2 fully saturated rings. The number of hydrogen-bond donors (Lipinski definition) is 4. The van der Waals surface area contributed by atoms with Crippen molar-refractivity contribution in [2.75, 3.05) is 18.9 Å². The van der Waals surface area contributed by atoms with Gasteiger partial charge in [-0.25, -0.2) is 19.6 Å². The van der Waals surface area contributed by atoms with E-state index in [9.17, 15) is 19.1 Å². The van der Waals surface area contributed by atoms with E-state index in [1.165, 1.54) is 17.3 Å². The summed E-state index contributed by atoms with van der Waals surface area (Å²) in [6.07, 6.45) is -0.583. The Morgan fingerprint density at radius 2 is 2.05 bits per heavy atom. The number of aromatic nitrogens is 7. The summed E-state index contributed by atoms with van der Waals surface area (Å²) in [6.45, 7) is -0.392. The normalized spacial score (nSPS) is 25.5. The molecule has 0 radical (unpaired) electrons. The van der Waals surface area contributed by atoms with Gasteiger partial charge in [0.15, 0.2) is 17.7 Å². The first kappa shape index (κ1) is 30.7. The lowest BCUT2D eigenvalue weighted by molar-refractivity contribution is -0.0402. The van der Waals surface area contributed by atoms with Crippen LogP contribution in [-0.4, -0.2) is 81.7 Å². The summed E-state index contributed by atoms with van der Waals surface area (Å²) in [4.78, 5) is 44.3. The van der Waals surface area contributed by atoms with E-state index >= 15 is 0 Å². The molecule has 44 heavy (non-hydrogen) atoms. The summed E-state index contributed by atoms with van der Waals surface area (Å²) >= 11 is 5.29. The molecule has 7 atom stereocenters. The minimum absolute atomic E-state index is 0.134. The van der Waals surface area contributed by atoms with Crippen LogP contribution in [0.1, 0.15) is 35.7 Å². The van der Waals surface area contributed by atoms with Crippen LogP contribution in [0.4, 0.5) is 5.82 Å². The fraction of sp³-hybridized carbons (Fsp3) is 0.391. The lowest BCUT2D eigenvalue weighted by Crippen LogP contribution is -2.28. The number of hydrogen-bond acceptors (Lipinski definition) is 14. The van der Waals surface area contributed by atoms with Gasteiger partial charge >= 0.3 is 15.0 Å². The van der Waals surface area contributed by atoms with Crippen LogP contribution >= 0.6 is 15.0 Å². The van der Waals surface area contributed by atoms with E-state index in [2.05, 4.69) is 31.8 Å². The molecule has 2 aliphatic rings. The Kier molecular flexibility index (Phi) is 8.51. The maximum absolute atomic E-state index is 11.8. The number of imidazole rings is 1. The lowest BCUT2D eigenvalue weighted by atomic mass is 10.1. The van der Waals surface area contributed by atoms with E-state index < -0.39 is 51.6 Å². The highest BCUT2D eigenvalue weighted by molar-refractivity contribution is 8.07. The van der Waals surface area contributed by atoms with Crippen molar-refractivity contribution < 1.29 is 42.2 Å². The summed E-state index contributed by atoms with van der Waals surface area (Å²) in [5, 5.41) is 8.22. The Labute approximate surface area is 254 Å². The number of primary amides is 1. The molecule has 3 aromatic heterocycles. The van der Waals surface area contributed by atoms with Gasteiger partial charge in [0.2, 0.25) is 0 Å². The average molecular weight is 667 g/mol. The van der Waals surface area contributed by atoms with Crippen molar-refractivity contribution in [1.82, 2.24) is 34.5 Å². The van der Waals surface area contributed by atoms with Gasteiger partial charge in [-0.15, -0.1) is 14.5 Å². The van der Waals surface area contributed by atoms with Gasteiger partial charge in [0.05, 0.1) is 24.0 Å². The Morgan fingerprint density at radius 1 is 1.23 bits per heavy atom. The fourth-order valence-corrected chi connectivity index (χ4v) is 6.82. The van der Waals surface area contributed by atoms with Crippen molar-refractivity contribution in [2.24, 2.45) is 5.73 Å². The first-order valence-electron chi connectivity index (χ1n) is 13.0. The number of fused-ring (bicyclic) bond motifs is 2. The van der Waals surface area contributed by atoms with E-state index in [1.54, 1.807) is 22.8 Å². The molecule has 0 spiro atoms. The SMILES string of the molecule is C=C1C[C@H](n2nnc3c(C(N)=O)cccc32)O[C@@H]1COP(O)(=S)O[C@H]1C[C@H](n2cnc3c(N)ncnc32)O[C@@H]1CO[P+](=O)O. The number of nitrogen functional groups attached to an aromatic ring is 1. The molecular formula is C23H26N9O9P2S+. The number of carbonyl (C=O) groups is 1. The standard InChI is InChI=1S/C23H25N9O9P2S/c1-11-5-18(32-13-4-2-3-12(22(25)33)19(13)29-30-32)39-15(11)8-38-43(36,44)41-14-6-17(40-16(14)7-37-42(34)35)31-10-28-20-21(24)26-9-27-23(20)31/h2-4,9-10,14-18H,1,5-8H2,(H5-,24,25,26,27,33,34,35,36,44)/p+1/t14-,15+,16+,17+,18+,43?/m0/s1. The van der Waals surface area contributed by atoms with Crippen molar-refractivity contribution in [3.63, 3.8) is 0 Å². The summed E-state index contributed by atoms with van der Waals surface area (Å²) < 4.78 is 42.8. The van der Waals surface area contributed by atoms with Crippen molar-refractivity contribution in [1.29, 1.82) is 0 Å². The third kappa shape index (κ3) is 6.12. The van der Waals surface area contributed by atoms with Crippen LogP contribution in [0.25, 0.3) is 22.2 Å². The van der Waals surface area contributed by atoms with Gasteiger partial charge in [-0.1, -0.05) is 17.9 Å². The predicted molar refractivity (Wildman–Crippen MR) is 155 cm³/mol. The predicted octanol–water partition coefficient (Wildman–Crippen LogP) is 1.37. The van der Waals surface area contributed by atoms with Gasteiger partial charge in [0.25, 0.3) is 5.91 Å². The zero-order valence-corrected chi connectivity index (χ0v) is 25.3. The Balaban J connectivity index is 1.12. The monoisotopic (exact) mass is 666 g/mol. The first-order chi connectivity index (χ1) is 21.0. The molecule has 0 saturated carbocycles. The topological polar surface area (TPSA) is 247 Å². The number of benzene rings is 1. The second-order valence-corrected chi connectivity index (χ2v) is 13.4. The molecule has 21 heteroatoms. The molecule has 2 saturated heterocycles. The molecule has 1 amide bonds. The van der Waals surface area contributed by atoms with Crippen molar-refractivity contribution in [3.05, 3.63) is 48.6 Å². The minimum atomic E-state index is -3.92. The van der Waals surface area contributed by atoms with E-state index in [0.717, 1.165) is 0 Å². The van der Waals surface area contributed by atoms with Crippen LogP contribution in [0.2, 0.25) is 0 Å². The molecule has 1 aromatic carbocycles. The molecule has 2 aliphatic heterocycles. The number of nitrogens with zero attached hydrogens (tertiary/aromatic N) is 7. The Hall–Kier alpha value is -3.35. The van der Waals surface area contributed by atoms with Gasteiger partial charge in [0.1, 0.15) is 48.5 Å². The molecule has 2 unspecified atom stereocenters. The van der Waals surface area contributed by atoms with Crippen LogP contribution in [0.5, 0.6) is 0 Å². The highest BCUT2D eigenvalue weighted by Gasteiger charge is 2.43. The third-order valence-electron chi connectivity index (χ3n) is 7.14. The molecule has 5 heterocycles. The van der Waals surface area contributed by atoms with Gasteiger partial charge in [-0.3, -0.25) is 9.36 Å². The number of nitrogens with two attached hydrogens (primary N) is 2. The van der Waals surface area contributed by atoms with Crippen LogP contribution in [-0.2, 0) is 39.4 Å². The largest absolute Gasteiger partial charge is 0.694 e. The number of anilines is 1. The van der Waals surface area contributed by atoms with Gasteiger partial charge in [-0.05, 0) is 29.5 Å². The van der Waals surface area contributed by atoms with E-state index in [0.29, 0.717) is 34.2 Å². The van der Waals surface area contributed by atoms with Crippen LogP contribution in [0.15, 0.2) is 43.0 Å².